The fraction of sp³-hybridized carbons (Fsp3) is 0.364. The highest BCUT2D eigenvalue weighted by Crippen LogP contribution is 2.23. The SMILES string of the molecule is CCNC(=O)[C@H](CC)N(Cc1cccc(C)c1)C(=O)Cc1ccc(Cl)cc1Cl. The van der Waals surface area contributed by atoms with Crippen molar-refractivity contribution in [2.45, 2.75) is 46.2 Å². The van der Waals surface area contributed by atoms with Gasteiger partial charge >= 0.3 is 0 Å². The van der Waals surface area contributed by atoms with Crippen LogP contribution in [0.5, 0.6) is 0 Å². The lowest BCUT2D eigenvalue weighted by Crippen LogP contribution is -2.49. The molecule has 0 saturated heterocycles. The lowest BCUT2D eigenvalue weighted by molar-refractivity contribution is -0.140. The highest BCUT2D eigenvalue weighted by molar-refractivity contribution is 6.35. The Morgan fingerprint density at radius 2 is 1.86 bits per heavy atom. The van der Waals surface area contributed by atoms with E-state index in [0.29, 0.717) is 35.1 Å². The summed E-state index contributed by atoms with van der Waals surface area (Å²) in [7, 11) is 0. The fourth-order valence-corrected chi connectivity index (χ4v) is 3.62. The number of hydrogen-bond donors (Lipinski definition) is 1. The standard InChI is InChI=1S/C22H26Cl2N2O2/c1-4-20(22(28)25-5-2)26(14-16-8-6-7-15(3)11-16)21(27)12-17-9-10-18(23)13-19(17)24/h6-11,13,20H,4-5,12,14H2,1-3H3,(H,25,28)/t20-/m0/s1. The summed E-state index contributed by atoms with van der Waals surface area (Å²) in [5.74, 6) is -0.294. The largest absolute Gasteiger partial charge is 0.355 e. The molecule has 1 N–H and O–H groups in total. The summed E-state index contributed by atoms with van der Waals surface area (Å²) in [5.41, 5.74) is 2.78. The molecule has 0 radical (unpaired) electrons. The van der Waals surface area contributed by atoms with Crippen molar-refractivity contribution >= 4 is 35.0 Å². The molecule has 2 aromatic rings. The van der Waals surface area contributed by atoms with Crippen LogP contribution in [0, 0.1) is 6.92 Å². The Morgan fingerprint density at radius 3 is 2.46 bits per heavy atom. The number of amides is 2. The number of carbonyl (C=O) groups excluding carboxylic acids is 2. The molecule has 2 aromatic carbocycles. The maximum atomic E-state index is 13.2. The molecule has 4 nitrogen and oxygen atoms in total. The van der Waals surface area contributed by atoms with E-state index in [4.69, 9.17) is 23.2 Å². The van der Waals surface area contributed by atoms with Gasteiger partial charge in [0.25, 0.3) is 0 Å². The third-order valence-electron chi connectivity index (χ3n) is 4.53. The number of likely N-dealkylation sites (N-methyl/N-ethyl adjacent to an activating group) is 1. The van der Waals surface area contributed by atoms with Crippen LogP contribution in [-0.4, -0.2) is 29.3 Å². The van der Waals surface area contributed by atoms with Crippen LogP contribution in [-0.2, 0) is 22.6 Å². The van der Waals surface area contributed by atoms with Crippen molar-refractivity contribution in [1.29, 1.82) is 0 Å². The molecule has 0 aliphatic carbocycles. The van der Waals surface area contributed by atoms with Crippen LogP contribution in [0.1, 0.15) is 37.0 Å². The Morgan fingerprint density at radius 1 is 1.11 bits per heavy atom. The van der Waals surface area contributed by atoms with Gasteiger partial charge in [0.05, 0.1) is 6.42 Å². The molecule has 0 spiro atoms. The van der Waals surface area contributed by atoms with Crippen molar-refractivity contribution in [2.75, 3.05) is 6.54 Å². The Balaban J connectivity index is 2.32. The minimum absolute atomic E-state index is 0.109. The van der Waals surface area contributed by atoms with Crippen molar-refractivity contribution in [3.63, 3.8) is 0 Å². The van der Waals surface area contributed by atoms with E-state index in [1.807, 2.05) is 45.0 Å². The van der Waals surface area contributed by atoms with Crippen molar-refractivity contribution in [3.05, 3.63) is 69.2 Å². The van der Waals surface area contributed by atoms with Gasteiger partial charge in [-0.15, -0.1) is 0 Å². The maximum Gasteiger partial charge on any atom is 0.242 e. The monoisotopic (exact) mass is 420 g/mol. The zero-order valence-corrected chi connectivity index (χ0v) is 18.0. The third kappa shape index (κ3) is 5.98. The Labute approximate surface area is 176 Å². The van der Waals surface area contributed by atoms with Gasteiger partial charge in [0.15, 0.2) is 0 Å². The average Bonchev–Trinajstić information content (AvgIpc) is 2.64. The number of benzene rings is 2. The first-order valence-electron chi connectivity index (χ1n) is 9.42. The molecule has 0 heterocycles. The topological polar surface area (TPSA) is 49.4 Å². The molecule has 28 heavy (non-hydrogen) atoms. The van der Waals surface area contributed by atoms with Gasteiger partial charge in [0, 0.05) is 23.1 Å². The van der Waals surface area contributed by atoms with E-state index >= 15 is 0 Å². The van der Waals surface area contributed by atoms with E-state index in [-0.39, 0.29) is 18.2 Å². The second-order valence-corrected chi connectivity index (χ2v) is 7.59. The molecule has 0 fully saturated rings. The summed E-state index contributed by atoms with van der Waals surface area (Å²) in [4.78, 5) is 27.4. The van der Waals surface area contributed by atoms with Crippen LogP contribution in [0.3, 0.4) is 0 Å². The lowest BCUT2D eigenvalue weighted by Gasteiger charge is -2.31. The molecule has 2 rings (SSSR count). The average molecular weight is 421 g/mol. The van der Waals surface area contributed by atoms with Crippen LogP contribution >= 0.6 is 23.2 Å². The number of aryl methyl sites for hydroxylation is 1. The first-order valence-corrected chi connectivity index (χ1v) is 10.2. The zero-order chi connectivity index (χ0) is 20.7. The van der Waals surface area contributed by atoms with Gasteiger partial charge in [-0.1, -0.05) is 66.0 Å². The smallest absolute Gasteiger partial charge is 0.242 e. The number of carbonyl (C=O) groups is 2. The summed E-state index contributed by atoms with van der Waals surface area (Å²) in [6.45, 7) is 6.66. The predicted molar refractivity (Wildman–Crippen MR) is 115 cm³/mol. The second kappa shape index (κ2) is 10.5. The minimum atomic E-state index is -0.543. The number of rotatable bonds is 8. The summed E-state index contributed by atoms with van der Waals surface area (Å²) in [5, 5.41) is 3.80. The fourth-order valence-electron chi connectivity index (χ4n) is 3.15. The molecular weight excluding hydrogens is 395 g/mol. The molecule has 0 aliphatic rings. The van der Waals surface area contributed by atoms with Gasteiger partial charge in [-0.2, -0.15) is 0 Å². The van der Waals surface area contributed by atoms with E-state index in [2.05, 4.69) is 5.32 Å². The van der Waals surface area contributed by atoms with Crippen molar-refractivity contribution in [3.8, 4) is 0 Å². The van der Waals surface area contributed by atoms with Crippen molar-refractivity contribution in [2.24, 2.45) is 0 Å². The molecule has 0 saturated carbocycles. The van der Waals surface area contributed by atoms with Crippen LogP contribution in [0.4, 0.5) is 0 Å². The van der Waals surface area contributed by atoms with Crippen LogP contribution in [0.25, 0.3) is 0 Å². The first-order chi connectivity index (χ1) is 13.3. The van der Waals surface area contributed by atoms with E-state index in [1.54, 1.807) is 23.1 Å². The van der Waals surface area contributed by atoms with Crippen LogP contribution in [0.15, 0.2) is 42.5 Å². The molecule has 150 valence electrons. The van der Waals surface area contributed by atoms with Gasteiger partial charge in [0.1, 0.15) is 6.04 Å². The normalized spacial score (nSPS) is 11.8. The van der Waals surface area contributed by atoms with Crippen LogP contribution in [0.2, 0.25) is 10.0 Å². The van der Waals surface area contributed by atoms with Gasteiger partial charge in [0.2, 0.25) is 11.8 Å². The molecule has 6 heteroatoms. The molecule has 1 atom stereocenters. The Hall–Kier alpha value is -2.04. The number of nitrogens with one attached hydrogen (secondary N) is 1. The first kappa shape index (κ1) is 22.3. The Kier molecular flexibility index (Phi) is 8.34. The molecule has 0 unspecified atom stereocenters. The maximum absolute atomic E-state index is 13.2. The van der Waals surface area contributed by atoms with E-state index < -0.39 is 6.04 Å². The molecular formula is C22H26Cl2N2O2. The van der Waals surface area contributed by atoms with Gasteiger partial charge in [-0.25, -0.2) is 0 Å². The summed E-state index contributed by atoms with van der Waals surface area (Å²) < 4.78 is 0. The number of halogens is 2. The molecule has 2 amide bonds. The van der Waals surface area contributed by atoms with E-state index in [0.717, 1.165) is 11.1 Å². The molecule has 0 aromatic heterocycles. The van der Waals surface area contributed by atoms with Gasteiger partial charge < -0.3 is 10.2 Å². The second-order valence-electron chi connectivity index (χ2n) is 6.74. The van der Waals surface area contributed by atoms with Gasteiger partial charge in [-0.3, -0.25) is 9.59 Å². The van der Waals surface area contributed by atoms with Crippen LogP contribution < -0.4 is 5.32 Å². The zero-order valence-electron chi connectivity index (χ0n) is 16.5. The highest BCUT2D eigenvalue weighted by atomic mass is 35.5. The lowest BCUT2D eigenvalue weighted by atomic mass is 10.1. The number of hydrogen-bond acceptors (Lipinski definition) is 2. The summed E-state index contributed by atoms with van der Waals surface area (Å²) in [6.07, 6.45) is 0.634. The molecule has 0 bridgehead atoms. The predicted octanol–water partition coefficient (Wildman–Crippen LogP) is 4.79. The summed E-state index contributed by atoms with van der Waals surface area (Å²) >= 11 is 12.2. The third-order valence-corrected chi connectivity index (χ3v) is 5.12. The quantitative estimate of drug-likeness (QED) is 0.667. The van der Waals surface area contributed by atoms with Crippen molar-refractivity contribution < 1.29 is 9.59 Å². The van der Waals surface area contributed by atoms with E-state index in [9.17, 15) is 9.59 Å². The minimum Gasteiger partial charge on any atom is -0.355 e. The summed E-state index contributed by atoms with van der Waals surface area (Å²) in [6, 6.07) is 12.5. The Bertz CT molecular complexity index is 839. The highest BCUT2D eigenvalue weighted by Gasteiger charge is 2.28. The van der Waals surface area contributed by atoms with Crippen molar-refractivity contribution in [1.82, 2.24) is 10.2 Å². The van der Waals surface area contributed by atoms with Gasteiger partial charge in [-0.05, 0) is 43.5 Å². The number of nitrogens with zero attached hydrogens (tertiary/aromatic N) is 1. The van der Waals surface area contributed by atoms with E-state index in [1.165, 1.54) is 0 Å². The molecule has 0 aliphatic heterocycles.